The molecule has 0 bridgehead atoms. The van der Waals surface area contributed by atoms with Crippen LogP contribution in [0, 0.1) is 6.92 Å². The largest absolute Gasteiger partial charge is 0.345 e. The van der Waals surface area contributed by atoms with Gasteiger partial charge in [0.15, 0.2) is 0 Å². The number of rotatable bonds is 2. The van der Waals surface area contributed by atoms with E-state index in [0.29, 0.717) is 11.3 Å². The van der Waals surface area contributed by atoms with Crippen molar-refractivity contribution in [1.82, 2.24) is 15.0 Å². The van der Waals surface area contributed by atoms with Gasteiger partial charge in [0.25, 0.3) is 5.91 Å². The second kappa shape index (κ2) is 4.53. The zero-order valence-corrected chi connectivity index (χ0v) is 10.3. The maximum Gasteiger partial charge on any atom is 0.255 e. The number of nitrogens with zero attached hydrogens (tertiary/aromatic N) is 2. The van der Waals surface area contributed by atoms with Crippen LogP contribution < -0.4 is 5.32 Å². The van der Waals surface area contributed by atoms with Gasteiger partial charge in [0.05, 0.1) is 29.2 Å². The standard InChI is InChI=1S/C14H12N4O/c1-9-2-4-11(7-15-9)18-14(19)10-3-5-12-13(6-10)17-8-16-12/h2-8H,1H3,(H,16,17)(H,18,19). The van der Waals surface area contributed by atoms with Gasteiger partial charge in [-0.2, -0.15) is 0 Å². The first-order chi connectivity index (χ1) is 9.22. The summed E-state index contributed by atoms with van der Waals surface area (Å²) in [5, 5.41) is 2.81. The third-order valence-electron chi connectivity index (χ3n) is 2.85. The van der Waals surface area contributed by atoms with Gasteiger partial charge in [0, 0.05) is 11.3 Å². The maximum absolute atomic E-state index is 12.1. The number of aromatic amines is 1. The first-order valence-electron chi connectivity index (χ1n) is 5.89. The van der Waals surface area contributed by atoms with E-state index >= 15 is 0 Å². The zero-order chi connectivity index (χ0) is 13.2. The molecule has 0 spiro atoms. The van der Waals surface area contributed by atoms with Gasteiger partial charge in [-0.05, 0) is 37.3 Å². The topological polar surface area (TPSA) is 70.7 Å². The van der Waals surface area contributed by atoms with Crippen LogP contribution in [0.5, 0.6) is 0 Å². The summed E-state index contributed by atoms with van der Waals surface area (Å²) < 4.78 is 0. The molecule has 0 aliphatic rings. The molecule has 1 aromatic carbocycles. The lowest BCUT2D eigenvalue weighted by Gasteiger charge is -2.05. The molecule has 5 nitrogen and oxygen atoms in total. The molecule has 94 valence electrons. The molecule has 0 saturated heterocycles. The number of carbonyl (C=O) groups is 1. The van der Waals surface area contributed by atoms with Crippen LogP contribution in [0.25, 0.3) is 11.0 Å². The van der Waals surface area contributed by atoms with E-state index in [1.807, 2.05) is 25.1 Å². The lowest BCUT2D eigenvalue weighted by Crippen LogP contribution is -2.11. The van der Waals surface area contributed by atoms with Crippen LogP contribution in [0.15, 0.2) is 42.9 Å². The third-order valence-corrected chi connectivity index (χ3v) is 2.85. The molecule has 2 aromatic heterocycles. The number of carbonyl (C=O) groups excluding carboxylic acids is 1. The van der Waals surface area contributed by atoms with Gasteiger partial charge in [-0.25, -0.2) is 4.98 Å². The monoisotopic (exact) mass is 252 g/mol. The summed E-state index contributed by atoms with van der Waals surface area (Å²) >= 11 is 0. The van der Waals surface area contributed by atoms with Gasteiger partial charge in [-0.3, -0.25) is 9.78 Å². The number of nitrogens with one attached hydrogen (secondary N) is 2. The number of benzene rings is 1. The first-order valence-corrected chi connectivity index (χ1v) is 5.89. The number of hydrogen-bond donors (Lipinski definition) is 2. The van der Waals surface area contributed by atoms with Gasteiger partial charge in [-0.15, -0.1) is 0 Å². The Morgan fingerprint density at radius 2 is 2.11 bits per heavy atom. The normalized spacial score (nSPS) is 10.6. The van der Waals surface area contributed by atoms with Gasteiger partial charge in [-0.1, -0.05) is 0 Å². The minimum Gasteiger partial charge on any atom is -0.345 e. The summed E-state index contributed by atoms with van der Waals surface area (Å²) in [6, 6.07) is 9.02. The Hall–Kier alpha value is -2.69. The summed E-state index contributed by atoms with van der Waals surface area (Å²) in [6.07, 6.45) is 3.25. The van der Waals surface area contributed by atoms with Crippen molar-refractivity contribution in [3.05, 3.63) is 54.1 Å². The third kappa shape index (κ3) is 2.30. The van der Waals surface area contributed by atoms with Crippen LogP contribution in [0.3, 0.4) is 0 Å². The Balaban J connectivity index is 1.84. The number of aryl methyl sites for hydroxylation is 1. The van der Waals surface area contributed by atoms with Crippen LogP contribution in [-0.2, 0) is 0 Å². The lowest BCUT2D eigenvalue weighted by molar-refractivity contribution is 0.102. The fourth-order valence-electron chi connectivity index (χ4n) is 1.82. The van der Waals surface area contributed by atoms with Crippen LogP contribution in [0.2, 0.25) is 0 Å². The summed E-state index contributed by atoms with van der Waals surface area (Å²) in [6.45, 7) is 1.90. The molecule has 2 heterocycles. The van der Waals surface area contributed by atoms with Crippen molar-refractivity contribution in [3.63, 3.8) is 0 Å². The number of anilines is 1. The number of imidazole rings is 1. The predicted molar refractivity (Wildman–Crippen MR) is 73.0 cm³/mol. The number of hydrogen-bond acceptors (Lipinski definition) is 3. The fourth-order valence-corrected chi connectivity index (χ4v) is 1.82. The molecular formula is C14H12N4O. The summed E-state index contributed by atoms with van der Waals surface area (Å²) in [4.78, 5) is 23.3. The summed E-state index contributed by atoms with van der Waals surface area (Å²) in [5.41, 5.74) is 3.86. The minimum atomic E-state index is -0.165. The number of aromatic nitrogens is 3. The van der Waals surface area contributed by atoms with E-state index in [2.05, 4.69) is 20.3 Å². The predicted octanol–water partition coefficient (Wildman–Crippen LogP) is 2.52. The molecule has 2 N–H and O–H groups in total. The molecule has 3 rings (SSSR count). The summed E-state index contributed by atoms with van der Waals surface area (Å²) in [5.74, 6) is -0.165. The Morgan fingerprint density at radius 1 is 1.21 bits per heavy atom. The van der Waals surface area contributed by atoms with E-state index < -0.39 is 0 Å². The molecule has 0 fully saturated rings. The van der Waals surface area contributed by atoms with E-state index in [1.54, 1.807) is 24.7 Å². The molecule has 0 aliphatic carbocycles. The maximum atomic E-state index is 12.1. The van der Waals surface area contributed by atoms with Crippen LogP contribution >= 0.6 is 0 Å². The Bertz CT molecular complexity index is 731. The van der Waals surface area contributed by atoms with Crippen molar-refractivity contribution in [3.8, 4) is 0 Å². The van der Waals surface area contributed by atoms with Crippen molar-refractivity contribution in [1.29, 1.82) is 0 Å². The molecule has 0 saturated carbocycles. The Labute approximate surface area is 109 Å². The molecule has 0 atom stereocenters. The van der Waals surface area contributed by atoms with Gasteiger partial charge < -0.3 is 10.3 Å². The molecule has 0 unspecified atom stereocenters. The molecular weight excluding hydrogens is 240 g/mol. The molecule has 0 radical (unpaired) electrons. The zero-order valence-electron chi connectivity index (χ0n) is 10.3. The van der Waals surface area contributed by atoms with Crippen LogP contribution in [0.1, 0.15) is 16.1 Å². The van der Waals surface area contributed by atoms with E-state index in [1.165, 1.54) is 0 Å². The average Bonchev–Trinajstić information content (AvgIpc) is 2.88. The van der Waals surface area contributed by atoms with E-state index in [0.717, 1.165) is 16.7 Å². The minimum absolute atomic E-state index is 0.165. The van der Waals surface area contributed by atoms with Crippen molar-refractivity contribution >= 4 is 22.6 Å². The van der Waals surface area contributed by atoms with Crippen molar-refractivity contribution in [2.24, 2.45) is 0 Å². The Kier molecular flexibility index (Phi) is 2.72. The Morgan fingerprint density at radius 3 is 2.89 bits per heavy atom. The molecule has 3 aromatic rings. The second-order valence-electron chi connectivity index (χ2n) is 4.28. The SMILES string of the molecule is Cc1ccc(NC(=O)c2ccc3nc[nH]c3c2)cn1. The van der Waals surface area contributed by atoms with Gasteiger partial charge >= 0.3 is 0 Å². The van der Waals surface area contributed by atoms with Gasteiger partial charge in [0.2, 0.25) is 0 Å². The fraction of sp³-hybridized carbons (Fsp3) is 0.0714. The second-order valence-corrected chi connectivity index (χ2v) is 4.28. The van der Waals surface area contributed by atoms with Crippen molar-refractivity contribution < 1.29 is 4.79 Å². The highest BCUT2D eigenvalue weighted by atomic mass is 16.1. The molecule has 0 aliphatic heterocycles. The average molecular weight is 252 g/mol. The first kappa shape index (κ1) is 11.4. The molecule has 1 amide bonds. The van der Waals surface area contributed by atoms with E-state index in [4.69, 9.17) is 0 Å². The summed E-state index contributed by atoms with van der Waals surface area (Å²) in [7, 11) is 0. The number of fused-ring (bicyclic) bond motifs is 1. The highest BCUT2D eigenvalue weighted by Crippen LogP contribution is 2.13. The number of H-pyrrole nitrogens is 1. The molecule has 19 heavy (non-hydrogen) atoms. The number of amides is 1. The van der Waals surface area contributed by atoms with E-state index in [-0.39, 0.29) is 5.91 Å². The van der Waals surface area contributed by atoms with Crippen LogP contribution in [0.4, 0.5) is 5.69 Å². The quantitative estimate of drug-likeness (QED) is 0.736. The van der Waals surface area contributed by atoms with Crippen molar-refractivity contribution in [2.75, 3.05) is 5.32 Å². The molecule has 5 heteroatoms. The van der Waals surface area contributed by atoms with Gasteiger partial charge in [0.1, 0.15) is 0 Å². The smallest absolute Gasteiger partial charge is 0.255 e. The highest BCUT2D eigenvalue weighted by molar-refractivity contribution is 6.05. The van der Waals surface area contributed by atoms with Crippen molar-refractivity contribution in [2.45, 2.75) is 6.92 Å². The van der Waals surface area contributed by atoms with Crippen LogP contribution in [-0.4, -0.2) is 20.9 Å². The van der Waals surface area contributed by atoms with E-state index in [9.17, 15) is 4.79 Å². The number of pyridine rings is 1. The lowest BCUT2D eigenvalue weighted by atomic mass is 10.2. The highest BCUT2D eigenvalue weighted by Gasteiger charge is 2.07.